The summed E-state index contributed by atoms with van der Waals surface area (Å²) in [6, 6.07) is 24.4. The molecule has 0 bridgehead atoms. The first-order chi connectivity index (χ1) is 13.8. The van der Waals surface area contributed by atoms with Crippen LogP contribution in [0.4, 0.5) is 0 Å². The van der Waals surface area contributed by atoms with E-state index >= 15 is 0 Å². The Morgan fingerprint density at radius 2 is 1.36 bits per heavy atom. The van der Waals surface area contributed by atoms with Gasteiger partial charge in [0.2, 0.25) is 5.89 Å². The van der Waals surface area contributed by atoms with Gasteiger partial charge in [-0.1, -0.05) is 18.2 Å². The Balaban J connectivity index is 1.35. The summed E-state index contributed by atoms with van der Waals surface area (Å²) in [7, 11) is 1.62. The number of hydrogen-bond donors (Lipinski definition) is 0. The lowest BCUT2D eigenvalue weighted by Gasteiger charge is -2.07. The summed E-state index contributed by atoms with van der Waals surface area (Å²) in [6.07, 6.45) is 0. The molecule has 0 atom stereocenters. The number of nitrogens with zero attached hydrogens (tertiary/aromatic N) is 2. The zero-order valence-electron chi connectivity index (χ0n) is 15.2. The fourth-order valence-electron chi connectivity index (χ4n) is 2.54. The summed E-state index contributed by atoms with van der Waals surface area (Å²) >= 11 is 0. The van der Waals surface area contributed by atoms with Crippen LogP contribution in [0.3, 0.4) is 0 Å². The average molecular weight is 374 g/mol. The van der Waals surface area contributed by atoms with Crippen LogP contribution in [-0.4, -0.2) is 17.3 Å². The first-order valence-electron chi connectivity index (χ1n) is 8.73. The van der Waals surface area contributed by atoms with E-state index in [0.29, 0.717) is 17.5 Å². The van der Waals surface area contributed by atoms with E-state index in [1.807, 2.05) is 78.9 Å². The summed E-state index contributed by atoms with van der Waals surface area (Å²) in [6.45, 7) is 0.183. The smallest absolute Gasteiger partial charge is 0.254 e. The lowest BCUT2D eigenvalue weighted by atomic mass is 10.2. The maximum absolute atomic E-state index is 5.76. The molecule has 0 aliphatic heterocycles. The Morgan fingerprint density at radius 1 is 0.714 bits per heavy atom. The van der Waals surface area contributed by atoms with Crippen LogP contribution in [0.25, 0.3) is 11.5 Å². The summed E-state index contributed by atoms with van der Waals surface area (Å²) in [4.78, 5) is 0. The third kappa shape index (κ3) is 4.29. The predicted octanol–water partition coefficient (Wildman–Crippen LogP) is 5.12. The summed E-state index contributed by atoms with van der Waals surface area (Å²) in [5.41, 5.74) is 0.821. The minimum absolute atomic E-state index is 0.183. The minimum atomic E-state index is 0.183. The van der Waals surface area contributed by atoms with Crippen molar-refractivity contribution in [2.75, 3.05) is 7.11 Å². The molecule has 6 nitrogen and oxygen atoms in total. The Morgan fingerprint density at radius 3 is 2.07 bits per heavy atom. The molecule has 0 spiro atoms. The highest BCUT2D eigenvalue weighted by atomic mass is 16.5. The number of para-hydroxylation sites is 1. The Hall–Kier alpha value is -3.80. The summed E-state index contributed by atoms with van der Waals surface area (Å²) < 4.78 is 22.3. The normalized spacial score (nSPS) is 10.5. The van der Waals surface area contributed by atoms with Crippen molar-refractivity contribution in [3.05, 3.63) is 84.8 Å². The number of hydrogen-bond acceptors (Lipinski definition) is 6. The third-order valence-electron chi connectivity index (χ3n) is 3.97. The van der Waals surface area contributed by atoms with Crippen molar-refractivity contribution >= 4 is 0 Å². The van der Waals surface area contributed by atoms with E-state index < -0.39 is 0 Å². The van der Waals surface area contributed by atoms with Crippen LogP contribution in [-0.2, 0) is 6.61 Å². The van der Waals surface area contributed by atoms with Crippen LogP contribution in [0.15, 0.2) is 83.3 Å². The number of benzene rings is 3. The second-order valence-electron chi connectivity index (χ2n) is 5.90. The molecule has 0 fully saturated rings. The SMILES string of the molecule is COc1ccc(-c2nnc(COc3ccc(Oc4ccccc4)cc3)o2)cc1. The maximum Gasteiger partial charge on any atom is 0.254 e. The topological polar surface area (TPSA) is 66.6 Å². The minimum Gasteiger partial charge on any atom is -0.497 e. The van der Waals surface area contributed by atoms with Crippen LogP contribution in [0.1, 0.15) is 5.89 Å². The Labute approximate surface area is 162 Å². The van der Waals surface area contributed by atoms with Gasteiger partial charge in [-0.15, -0.1) is 10.2 Å². The lowest BCUT2D eigenvalue weighted by molar-refractivity contribution is 0.264. The molecule has 1 aromatic heterocycles. The Bertz CT molecular complexity index is 1010. The van der Waals surface area contributed by atoms with E-state index in [2.05, 4.69) is 10.2 Å². The lowest BCUT2D eigenvalue weighted by Crippen LogP contribution is -1.95. The van der Waals surface area contributed by atoms with Crippen LogP contribution in [0, 0.1) is 0 Å². The van der Waals surface area contributed by atoms with Crippen LogP contribution >= 0.6 is 0 Å². The number of ether oxygens (including phenoxy) is 3. The maximum atomic E-state index is 5.76. The van der Waals surface area contributed by atoms with E-state index in [1.54, 1.807) is 7.11 Å². The molecular weight excluding hydrogens is 356 g/mol. The molecule has 1 heterocycles. The van der Waals surface area contributed by atoms with Gasteiger partial charge in [-0.25, -0.2) is 0 Å². The van der Waals surface area contributed by atoms with Gasteiger partial charge in [0.15, 0.2) is 6.61 Å². The second-order valence-corrected chi connectivity index (χ2v) is 5.90. The van der Waals surface area contributed by atoms with Gasteiger partial charge in [-0.2, -0.15) is 0 Å². The van der Waals surface area contributed by atoms with Gasteiger partial charge < -0.3 is 18.6 Å². The van der Waals surface area contributed by atoms with Crippen molar-refractivity contribution in [3.63, 3.8) is 0 Å². The van der Waals surface area contributed by atoms with Crippen LogP contribution in [0.5, 0.6) is 23.0 Å². The van der Waals surface area contributed by atoms with Gasteiger partial charge in [-0.3, -0.25) is 0 Å². The molecule has 4 aromatic rings. The molecule has 0 N–H and O–H groups in total. The van der Waals surface area contributed by atoms with Gasteiger partial charge in [0.1, 0.15) is 23.0 Å². The van der Waals surface area contributed by atoms with Crippen molar-refractivity contribution in [1.82, 2.24) is 10.2 Å². The number of rotatable bonds is 7. The van der Waals surface area contributed by atoms with Crippen molar-refractivity contribution < 1.29 is 18.6 Å². The third-order valence-corrected chi connectivity index (χ3v) is 3.97. The van der Waals surface area contributed by atoms with Gasteiger partial charge >= 0.3 is 0 Å². The molecule has 3 aromatic carbocycles. The van der Waals surface area contributed by atoms with E-state index in [1.165, 1.54) is 0 Å². The highest BCUT2D eigenvalue weighted by molar-refractivity contribution is 5.53. The van der Waals surface area contributed by atoms with Crippen LogP contribution < -0.4 is 14.2 Å². The highest BCUT2D eigenvalue weighted by Crippen LogP contribution is 2.25. The fraction of sp³-hybridized carbons (Fsp3) is 0.0909. The highest BCUT2D eigenvalue weighted by Gasteiger charge is 2.09. The van der Waals surface area contributed by atoms with Crippen molar-refractivity contribution in [1.29, 1.82) is 0 Å². The largest absolute Gasteiger partial charge is 0.497 e. The average Bonchev–Trinajstić information content (AvgIpc) is 3.23. The Kier molecular flexibility index (Phi) is 5.20. The monoisotopic (exact) mass is 374 g/mol. The second kappa shape index (κ2) is 8.26. The molecule has 4 rings (SSSR count). The molecule has 0 unspecified atom stereocenters. The summed E-state index contributed by atoms with van der Waals surface area (Å²) in [5, 5.41) is 8.08. The molecule has 6 heteroatoms. The standard InChI is InChI=1S/C22H18N2O4/c1-25-17-9-7-16(8-10-17)22-24-23-21(28-22)15-26-18-11-13-20(14-12-18)27-19-5-3-2-4-6-19/h2-14H,15H2,1H3. The summed E-state index contributed by atoms with van der Waals surface area (Å²) in [5.74, 6) is 3.81. The first kappa shape index (κ1) is 17.6. The molecule has 0 aliphatic carbocycles. The van der Waals surface area contributed by atoms with Crippen molar-refractivity contribution in [3.8, 4) is 34.5 Å². The van der Waals surface area contributed by atoms with Crippen molar-refractivity contribution in [2.24, 2.45) is 0 Å². The quantitative estimate of drug-likeness (QED) is 0.447. The van der Waals surface area contributed by atoms with Gasteiger partial charge in [-0.05, 0) is 60.7 Å². The molecule has 28 heavy (non-hydrogen) atoms. The predicted molar refractivity (Wildman–Crippen MR) is 104 cm³/mol. The van der Waals surface area contributed by atoms with E-state index in [0.717, 1.165) is 22.8 Å². The van der Waals surface area contributed by atoms with Gasteiger partial charge in [0.25, 0.3) is 5.89 Å². The molecule has 0 amide bonds. The van der Waals surface area contributed by atoms with Crippen LogP contribution in [0.2, 0.25) is 0 Å². The van der Waals surface area contributed by atoms with Gasteiger partial charge in [0.05, 0.1) is 7.11 Å². The van der Waals surface area contributed by atoms with E-state index in [9.17, 15) is 0 Å². The zero-order chi connectivity index (χ0) is 19.2. The van der Waals surface area contributed by atoms with Gasteiger partial charge in [0, 0.05) is 5.56 Å². The molecule has 0 aliphatic rings. The molecule has 0 saturated heterocycles. The number of methoxy groups -OCH3 is 1. The molecule has 0 radical (unpaired) electrons. The molecular formula is C22H18N2O4. The fourth-order valence-corrected chi connectivity index (χ4v) is 2.54. The number of aromatic nitrogens is 2. The van der Waals surface area contributed by atoms with E-state index in [4.69, 9.17) is 18.6 Å². The van der Waals surface area contributed by atoms with E-state index in [-0.39, 0.29) is 6.61 Å². The molecule has 0 saturated carbocycles. The first-order valence-corrected chi connectivity index (χ1v) is 8.73. The zero-order valence-corrected chi connectivity index (χ0v) is 15.2. The molecule has 140 valence electrons. The van der Waals surface area contributed by atoms with Crippen molar-refractivity contribution in [2.45, 2.75) is 6.61 Å².